The van der Waals surface area contributed by atoms with E-state index >= 15 is 0 Å². The van der Waals surface area contributed by atoms with Crippen LogP contribution in [0.15, 0.2) is 0 Å². The van der Waals surface area contributed by atoms with Gasteiger partial charge in [0.15, 0.2) is 0 Å². The number of rotatable bonds is 6. The van der Waals surface area contributed by atoms with Gasteiger partial charge < -0.3 is 32.6 Å². The smallest absolute Gasteiger partial charge is 0.215 e. The third-order valence-corrected chi connectivity index (χ3v) is 2.13. The van der Waals surface area contributed by atoms with Gasteiger partial charge in [0, 0.05) is 6.42 Å². The zero-order valence-corrected chi connectivity index (χ0v) is 12.4. The number of carbonyl (C=O) groups excluding carboxylic acids is 1. The lowest BCUT2D eigenvalue weighted by Crippen LogP contribution is -3.00. The van der Waals surface area contributed by atoms with Gasteiger partial charge in [-0.3, -0.25) is 4.79 Å². The van der Waals surface area contributed by atoms with Crippen molar-refractivity contribution in [1.82, 2.24) is 0 Å². The summed E-state index contributed by atoms with van der Waals surface area (Å²) in [5.74, 6) is 0. The lowest BCUT2D eigenvalue weighted by molar-refractivity contribution is -0.870. The minimum absolute atomic E-state index is 0. The minimum atomic E-state index is 0. The van der Waals surface area contributed by atoms with Gasteiger partial charge >= 0.3 is 0 Å². The molecule has 0 amide bonds. The van der Waals surface area contributed by atoms with Crippen LogP contribution in [0.3, 0.4) is 0 Å². The fourth-order valence-corrected chi connectivity index (χ4v) is 1.24. The Bertz CT molecular complexity index is 159. The Balaban J connectivity index is 0. The SMILES string of the molecule is CCCC(=O)SOCC[N+](C)(C)C.[I-]. The van der Waals surface area contributed by atoms with Gasteiger partial charge in [0.2, 0.25) is 5.12 Å². The zero-order chi connectivity index (χ0) is 10.3. The second-order valence-electron chi connectivity index (χ2n) is 4.04. The molecular formula is C9H20INO2S. The van der Waals surface area contributed by atoms with Gasteiger partial charge in [0.1, 0.15) is 13.2 Å². The van der Waals surface area contributed by atoms with Crippen LogP contribution in [0.25, 0.3) is 0 Å². The lowest BCUT2D eigenvalue weighted by atomic mass is 10.4. The minimum Gasteiger partial charge on any atom is -1.00 e. The summed E-state index contributed by atoms with van der Waals surface area (Å²) in [6.45, 7) is 3.54. The Labute approximate surface area is 108 Å². The van der Waals surface area contributed by atoms with E-state index in [0.29, 0.717) is 13.0 Å². The summed E-state index contributed by atoms with van der Waals surface area (Å²) >= 11 is 0.993. The molecule has 3 nitrogen and oxygen atoms in total. The largest absolute Gasteiger partial charge is 1.00 e. The molecule has 5 heteroatoms. The van der Waals surface area contributed by atoms with Crippen molar-refractivity contribution in [1.29, 1.82) is 0 Å². The maximum absolute atomic E-state index is 11.0. The predicted molar refractivity (Wildman–Crippen MR) is 56.4 cm³/mol. The van der Waals surface area contributed by atoms with Crippen molar-refractivity contribution in [2.45, 2.75) is 19.8 Å². The third kappa shape index (κ3) is 12.7. The van der Waals surface area contributed by atoms with Crippen LogP contribution in [-0.4, -0.2) is 43.9 Å². The first-order valence-corrected chi connectivity index (χ1v) is 5.32. The first kappa shape index (κ1) is 17.1. The van der Waals surface area contributed by atoms with Gasteiger partial charge in [0.25, 0.3) is 0 Å². The molecule has 0 atom stereocenters. The van der Waals surface area contributed by atoms with Crippen molar-refractivity contribution in [3.8, 4) is 0 Å². The summed E-state index contributed by atoms with van der Waals surface area (Å²) in [7, 11) is 6.30. The molecule has 0 aliphatic rings. The number of carbonyl (C=O) groups is 1. The first-order valence-electron chi connectivity index (χ1n) is 4.58. The molecule has 0 bridgehead atoms. The molecule has 0 saturated carbocycles. The van der Waals surface area contributed by atoms with Crippen LogP contribution in [0.2, 0.25) is 0 Å². The summed E-state index contributed by atoms with van der Waals surface area (Å²) in [6, 6.07) is 0. The molecule has 0 aromatic heterocycles. The van der Waals surface area contributed by atoms with Gasteiger partial charge in [-0.2, -0.15) is 0 Å². The first-order chi connectivity index (χ1) is 5.95. The van der Waals surface area contributed by atoms with Crippen LogP contribution in [0.5, 0.6) is 0 Å². The van der Waals surface area contributed by atoms with E-state index in [-0.39, 0.29) is 29.1 Å². The van der Waals surface area contributed by atoms with Crippen molar-refractivity contribution in [3.05, 3.63) is 0 Å². The van der Waals surface area contributed by atoms with E-state index in [9.17, 15) is 4.79 Å². The molecule has 0 rings (SSSR count). The molecule has 0 saturated heterocycles. The maximum Gasteiger partial charge on any atom is 0.215 e. The molecule has 0 aliphatic heterocycles. The molecular weight excluding hydrogens is 313 g/mol. The molecule has 0 N–H and O–H groups in total. The molecule has 0 aliphatic carbocycles. The van der Waals surface area contributed by atoms with Crippen molar-refractivity contribution in [2.24, 2.45) is 0 Å². The molecule has 0 aromatic carbocycles. The Morgan fingerprint density at radius 3 is 2.36 bits per heavy atom. The highest BCUT2D eigenvalue weighted by atomic mass is 127. The standard InChI is InChI=1S/C9H20NO2S.HI/c1-5-6-9(11)13-12-8-7-10(2,3)4;/h5-8H2,1-4H3;1H/q+1;/p-1. The van der Waals surface area contributed by atoms with E-state index in [4.69, 9.17) is 4.18 Å². The van der Waals surface area contributed by atoms with E-state index in [0.717, 1.165) is 29.5 Å². The number of hydrogen-bond acceptors (Lipinski definition) is 3. The topological polar surface area (TPSA) is 26.3 Å². The van der Waals surface area contributed by atoms with Crippen LogP contribution in [0.4, 0.5) is 0 Å². The summed E-state index contributed by atoms with van der Waals surface area (Å²) in [6.07, 6.45) is 1.50. The summed E-state index contributed by atoms with van der Waals surface area (Å²) in [5, 5.41) is 0.129. The second-order valence-corrected chi connectivity index (χ2v) is 4.90. The van der Waals surface area contributed by atoms with Crippen molar-refractivity contribution in [2.75, 3.05) is 34.3 Å². The van der Waals surface area contributed by atoms with Crippen LogP contribution in [-0.2, 0) is 8.98 Å². The Kier molecular flexibility index (Phi) is 10.9. The van der Waals surface area contributed by atoms with Crippen molar-refractivity contribution < 1.29 is 37.4 Å². The Hall–Kier alpha value is 0.670. The van der Waals surface area contributed by atoms with Gasteiger partial charge in [-0.25, -0.2) is 0 Å². The number of likely N-dealkylation sites (N-methyl/N-ethyl adjacent to an activating group) is 1. The predicted octanol–water partition coefficient (Wildman–Crippen LogP) is -1.31. The highest BCUT2D eigenvalue weighted by molar-refractivity contribution is 8.09. The van der Waals surface area contributed by atoms with E-state index in [1.54, 1.807) is 0 Å². The number of nitrogens with zero attached hydrogens (tertiary/aromatic N) is 1. The molecule has 0 radical (unpaired) electrons. The van der Waals surface area contributed by atoms with Crippen LogP contribution < -0.4 is 24.0 Å². The van der Waals surface area contributed by atoms with Crippen LogP contribution in [0, 0.1) is 0 Å². The summed E-state index contributed by atoms with van der Waals surface area (Å²) in [5.41, 5.74) is 0. The van der Waals surface area contributed by atoms with Crippen molar-refractivity contribution >= 4 is 17.2 Å². The second kappa shape index (κ2) is 8.94. The van der Waals surface area contributed by atoms with Gasteiger partial charge in [0.05, 0.1) is 33.2 Å². The molecule has 14 heavy (non-hydrogen) atoms. The van der Waals surface area contributed by atoms with Gasteiger partial charge in [-0.05, 0) is 6.42 Å². The monoisotopic (exact) mass is 333 g/mol. The van der Waals surface area contributed by atoms with E-state index in [1.807, 2.05) is 6.92 Å². The fraction of sp³-hybridized carbons (Fsp3) is 0.889. The normalized spacial score (nSPS) is 10.9. The zero-order valence-electron chi connectivity index (χ0n) is 9.38. The highest BCUT2D eigenvalue weighted by Crippen LogP contribution is 2.08. The fourth-order valence-electron chi connectivity index (χ4n) is 0.664. The van der Waals surface area contributed by atoms with Gasteiger partial charge in [-0.15, -0.1) is 0 Å². The Morgan fingerprint density at radius 2 is 1.93 bits per heavy atom. The number of quaternary nitrogens is 1. The van der Waals surface area contributed by atoms with Crippen LogP contribution in [0.1, 0.15) is 19.8 Å². The van der Waals surface area contributed by atoms with E-state index in [2.05, 4.69) is 21.1 Å². The third-order valence-electron chi connectivity index (χ3n) is 1.45. The van der Waals surface area contributed by atoms with E-state index in [1.165, 1.54) is 0 Å². The average Bonchev–Trinajstić information content (AvgIpc) is 1.97. The molecule has 0 fully saturated rings. The lowest BCUT2D eigenvalue weighted by Gasteiger charge is -2.22. The molecule has 0 aromatic rings. The summed E-state index contributed by atoms with van der Waals surface area (Å²) < 4.78 is 6.04. The number of halogens is 1. The van der Waals surface area contributed by atoms with E-state index < -0.39 is 0 Å². The van der Waals surface area contributed by atoms with Crippen LogP contribution >= 0.6 is 12.0 Å². The quantitative estimate of drug-likeness (QED) is 0.261. The molecule has 0 unspecified atom stereocenters. The summed E-state index contributed by atoms with van der Waals surface area (Å²) in [4.78, 5) is 11.0. The molecule has 86 valence electrons. The average molecular weight is 333 g/mol. The molecule has 0 heterocycles. The highest BCUT2D eigenvalue weighted by Gasteiger charge is 2.07. The number of hydrogen-bond donors (Lipinski definition) is 0. The van der Waals surface area contributed by atoms with Gasteiger partial charge in [-0.1, -0.05) is 6.92 Å². The Morgan fingerprint density at radius 1 is 1.36 bits per heavy atom. The van der Waals surface area contributed by atoms with Crippen molar-refractivity contribution in [3.63, 3.8) is 0 Å². The molecule has 0 spiro atoms. The maximum atomic E-state index is 11.0.